The quantitative estimate of drug-likeness (QED) is 0.434. The number of unbranched alkanes of at least 4 members (excludes halogenated alkanes) is 3. The normalized spacial score (nSPS) is 10.7. The van der Waals surface area contributed by atoms with Gasteiger partial charge in [-0.1, -0.05) is 54.2 Å². The van der Waals surface area contributed by atoms with Gasteiger partial charge in [0.05, 0.1) is 23.0 Å². The van der Waals surface area contributed by atoms with Crippen LogP contribution in [0.1, 0.15) is 25.7 Å². The maximum Gasteiger partial charge on any atom is 0.156 e. The molecule has 25 heavy (non-hydrogen) atoms. The number of nitrogens with zero attached hydrogens (tertiary/aromatic N) is 2. The number of imidazole rings is 1. The van der Waals surface area contributed by atoms with Crippen LogP contribution in [0.5, 0.6) is 11.5 Å². The Balaban J connectivity index is 1.68. The first-order valence-corrected chi connectivity index (χ1v) is 9.23. The van der Waals surface area contributed by atoms with Crippen molar-refractivity contribution in [2.45, 2.75) is 32.2 Å². The van der Waals surface area contributed by atoms with Gasteiger partial charge in [-0.25, -0.2) is 4.98 Å². The average Bonchev–Trinajstić information content (AvgIpc) is 3.07. The van der Waals surface area contributed by atoms with Crippen LogP contribution in [0, 0.1) is 0 Å². The summed E-state index contributed by atoms with van der Waals surface area (Å²) in [4.78, 5) is 4.03. The van der Waals surface area contributed by atoms with Gasteiger partial charge < -0.3 is 14.0 Å². The number of halogens is 3. The van der Waals surface area contributed by atoms with Crippen LogP contribution in [0.2, 0.25) is 10.0 Å². The first-order valence-electron chi connectivity index (χ1n) is 8.10. The summed E-state index contributed by atoms with van der Waals surface area (Å²) in [7, 11) is 0. The van der Waals surface area contributed by atoms with E-state index in [4.69, 9.17) is 44.3 Å². The molecule has 0 aliphatic carbocycles. The van der Waals surface area contributed by atoms with Gasteiger partial charge in [0.25, 0.3) is 0 Å². The second-order valence-corrected chi connectivity index (χ2v) is 6.93. The first-order chi connectivity index (χ1) is 12.1. The van der Waals surface area contributed by atoms with Crippen LogP contribution in [-0.2, 0) is 6.54 Å². The molecule has 1 heterocycles. The lowest BCUT2D eigenvalue weighted by atomic mass is 10.2. The van der Waals surface area contributed by atoms with Crippen molar-refractivity contribution in [3.63, 3.8) is 0 Å². The van der Waals surface area contributed by atoms with Gasteiger partial charge in [-0.15, -0.1) is 0 Å². The fourth-order valence-electron chi connectivity index (χ4n) is 2.26. The van der Waals surface area contributed by atoms with Crippen molar-refractivity contribution in [1.29, 1.82) is 0 Å². The lowest BCUT2D eigenvalue weighted by Gasteiger charge is -2.12. The first kappa shape index (κ1) is 20.0. The second-order valence-electron chi connectivity index (χ2n) is 5.59. The molecule has 0 saturated carbocycles. The van der Waals surface area contributed by atoms with Gasteiger partial charge in [-0.2, -0.15) is 0 Å². The van der Waals surface area contributed by atoms with Gasteiger partial charge in [0.1, 0.15) is 12.4 Å². The third-order valence-electron chi connectivity index (χ3n) is 3.48. The Morgan fingerprint density at radius 3 is 2.44 bits per heavy atom. The average molecular weight is 404 g/mol. The van der Waals surface area contributed by atoms with E-state index in [9.17, 15) is 0 Å². The minimum Gasteiger partial charge on any atom is -0.490 e. The lowest BCUT2D eigenvalue weighted by Crippen LogP contribution is -2.01. The molecule has 1 aromatic carbocycles. The van der Waals surface area contributed by atoms with Crippen LogP contribution in [-0.4, -0.2) is 22.8 Å². The number of aromatic nitrogens is 2. The predicted molar refractivity (Wildman–Crippen MR) is 103 cm³/mol. The van der Waals surface area contributed by atoms with E-state index >= 15 is 0 Å². The van der Waals surface area contributed by atoms with Crippen LogP contribution in [0.15, 0.2) is 42.5 Å². The van der Waals surface area contributed by atoms with Crippen molar-refractivity contribution in [3.8, 4) is 11.5 Å². The molecule has 0 saturated heterocycles. The molecule has 0 amide bonds. The minimum absolute atomic E-state index is 0.202. The standard InChI is InChI=1S/C18H21Cl3N2O2/c1-14(19)12-25-15-10-16(20)18(17(21)11-15)24-9-5-3-2-4-7-23-8-6-22-13-23/h6,8,10-11,13H,1-5,7,9,12H2. The van der Waals surface area contributed by atoms with Gasteiger partial charge in [0, 0.05) is 36.1 Å². The van der Waals surface area contributed by atoms with E-state index in [2.05, 4.69) is 16.1 Å². The zero-order valence-corrected chi connectivity index (χ0v) is 16.2. The van der Waals surface area contributed by atoms with Crippen LogP contribution in [0.25, 0.3) is 0 Å². The maximum absolute atomic E-state index is 6.22. The Morgan fingerprint density at radius 2 is 1.80 bits per heavy atom. The van der Waals surface area contributed by atoms with Gasteiger partial charge >= 0.3 is 0 Å². The molecule has 0 fully saturated rings. The van der Waals surface area contributed by atoms with Gasteiger partial charge in [-0.05, 0) is 12.8 Å². The summed E-state index contributed by atoms with van der Waals surface area (Å²) in [5.41, 5.74) is 0. The Kier molecular flexibility index (Phi) is 8.45. The molecule has 0 aliphatic heterocycles. The Hall–Kier alpha value is -1.36. The van der Waals surface area contributed by atoms with Crippen molar-refractivity contribution < 1.29 is 9.47 Å². The maximum atomic E-state index is 6.22. The van der Waals surface area contributed by atoms with Crippen LogP contribution >= 0.6 is 34.8 Å². The van der Waals surface area contributed by atoms with E-state index in [0.717, 1.165) is 32.2 Å². The van der Waals surface area contributed by atoms with E-state index in [-0.39, 0.29) is 6.61 Å². The molecule has 0 aliphatic rings. The monoisotopic (exact) mass is 402 g/mol. The van der Waals surface area contributed by atoms with Crippen molar-refractivity contribution in [2.24, 2.45) is 0 Å². The summed E-state index contributed by atoms with van der Waals surface area (Å²) in [6.07, 6.45) is 9.90. The highest BCUT2D eigenvalue weighted by molar-refractivity contribution is 6.37. The molecular weight excluding hydrogens is 383 g/mol. The molecule has 0 bridgehead atoms. The molecule has 7 heteroatoms. The Bertz CT molecular complexity index is 652. The van der Waals surface area contributed by atoms with Gasteiger partial charge in [-0.3, -0.25) is 0 Å². The van der Waals surface area contributed by atoms with Gasteiger partial charge in [0.2, 0.25) is 0 Å². The van der Waals surface area contributed by atoms with E-state index in [0.29, 0.717) is 33.2 Å². The molecule has 0 radical (unpaired) electrons. The zero-order chi connectivity index (χ0) is 18.1. The summed E-state index contributed by atoms with van der Waals surface area (Å²) in [5.74, 6) is 1.02. The third-order valence-corrected chi connectivity index (χ3v) is 4.15. The number of hydrogen-bond acceptors (Lipinski definition) is 3. The second kappa shape index (κ2) is 10.6. The predicted octanol–water partition coefficient (Wildman–Crippen LogP) is 5.96. The van der Waals surface area contributed by atoms with Crippen molar-refractivity contribution >= 4 is 34.8 Å². The Labute approximate surface area is 163 Å². The van der Waals surface area contributed by atoms with Gasteiger partial charge in [0.15, 0.2) is 5.75 Å². The fraction of sp³-hybridized carbons (Fsp3) is 0.389. The molecule has 0 spiro atoms. The lowest BCUT2D eigenvalue weighted by molar-refractivity contribution is 0.303. The summed E-state index contributed by atoms with van der Waals surface area (Å²) in [6.45, 7) is 5.33. The number of ether oxygens (including phenoxy) is 2. The van der Waals surface area contributed by atoms with E-state index in [1.165, 1.54) is 0 Å². The smallest absolute Gasteiger partial charge is 0.156 e. The molecule has 2 aromatic rings. The largest absolute Gasteiger partial charge is 0.490 e. The molecule has 0 N–H and O–H groups in total. The molecular formula is C18H21Cl3N2O2. The highest BCUT2D eigenvalue weighted by Gasteiger charge is 2.10. The number of benzene rings is 1. The zero-order valence-electron chi connectivity index (χ0n) is 13.9. The third kappa shape index (κ3) is 7.18. The summed E-state index contributed by atoms with van der Waals surface area (Å²) in [6, 6.07) is 3.32. The molecule has 2 rings (SSSR count). The summed E-state index contributed by atoms with van der Waals surface area (Å²) < 4.78 is 13.2. The number of aryl methyl sites for hydroxylation is 1. The van der Waals surface area contributed by atoms with E-state index in [1.807, 2.05) is 12.5 Å². The minimum atomic E-state index is 0.202. The molecule has 0 unspecified atom stereocenters. The van der Waals surface area contributed by atoms with E-state index < -0.39 is 0 Å². The number of rotatable bonds is 11. The fourth-order valence-corrected chi connectivity index (χ4v) is 2.89. The van der Waals surface area contributed by atoms with E-state index in [1.54, 1.807) is 18.3 Å². The highest BCUT2D eigenvalue weighted by atomic mass is 35.5. The Morgan fingerprint density at radius 1 is 1.08 bits per heavy atom. The van der Waals surface area contributed by atoms with Crippen molar-refractivity contribution in [2.75, 3.05) is 13.2 Å². The van der Waals surface area contributed by atoms with Crippen LogP contribution < -0.4 is 9.47 Å². The molecule has 0 atom stereocenters. The van der Waals surface area contributed by atoms with Crippen molar-refractivity contribution in [3.05, 3.63) is 52.5 Å². The summed E-state index contributed by atoms with van der Waals surface area (Å²) >= 11 is 18.1. The van der Waals surface area contributed by atoms with Crippen LogP contribution in [0.3, 0.4) is 0 Å². The number of hydrogen-bond donors (Lipinski definition) is 0. The molecule has 1 aromatic heterocycles. The van der Waals surface area contributed by atoms with Crippen LogP contribution in [0.4, 0.5) is 0 Å². The topological polar surface area (TPSA) is 36.3 Å². The summed E-state index contributed by atoms with van der Waals surface area (Å²) in [5, 5.41) is 1.24. The molecule has 4 nitrogen and oxygen atoms in total. The molecule has 136 valence electrons. The highest BCUT2D eigenvalue weighted by Crippen LogP contribution is 2.37. The SMILES string of the molecule is C=C(Cl)COc1cc(Cl)c(OCCCCCCn2ccnc2)c(Cl)c1. The van der Waals surface area contributed by atoms with Crippen molar-refractivity contribution in [1.82, 2.24) is 9.55 Å².